The quantitative estimate of drug-likeness (QED) is 0.563. The number of hydrogen-bond donors (Lipinski definition) is 2. The summed E-state index contributed by atoms with van der Waals surface area (Å²) in [6.07, 6.45) is 2.24. The maximum Gasteiger partial charge on any atom is 0.257 e. The van der Waals surface area contributed by atoms with Crippen LogP contribution in [0.15, 0.2) is 64.5 Å². The van der Waals surface area contributed by atoms with E-state index >= 15 is 0 Å². The largest absolute Gasteiger partial charge is 0.321 e. The molecule has 1 aliphatic rings. The maximum atomic E-state index is 12.2. The number of rotatable bonds is 4. The van der Waals surface area contributed by atoms with Crippen LogP contribution in [0.25, 0.3) is 10.9 Å². The molecule has 0 spiro atoms. The van der Waals surface area contributed by atoms with Crippen molar-refractivity contribution in [2.24, 2.45) is 11.0 Å². The molecule has 2 N–H and O–H groups in total. The van der Waals surface area contributed by atoms with Crippen LogP contribution in [0.1, 0.15) is 29.0 Å². The Morgan fingerprint density at radius 2 is 2.00 bits per heavy atom. The summed E-state index contributed by atoms with van der Waals surface area (Å²) < 4.78 is 0. The van der Waals surface area contributed by atoms with Crippen molar-refractivity contribution in [2.45, 2.75) is 19.3 Å². The molecule has 2 aromatic carbocycles. The second kappa shape index (κ2) is 6.59. The van der Waals surface area contributed by atoms with E-state index < -0.39 is 0 Å². The molecule has 0 saturated heterocycles. The molecular weight excluding hydrogens is 326 g/mol. The molecule has 0 bridgehead atoms. The van der Waals surface area contributed by atoms with Gasteiger partial charge < -0.3 is 4.98 Å². The fourth-order valence-electron chi connectivity index (χ4n) is 3.24. The Hall–Kier alpha value is -3.21. The third-order valence-electron chi connectivity index (χ3n) is 4.76. The first-order valence-corrected chi connectivity index (χ1v) is 8.63. The number of pyridine rings is 1. The molecule has 5 nitrogen and oxygen atoms in total. The Morgan fingerprint density at radius 1 is 1.19 bits per heavy atom. The number of carbonyl (C=O) groups is 1. The zero-order valence-electron chi connectivity index (χ0n) is 14.4. The summed E-state index contributed by atoms with van der Waals surface area (Å²) in [5, 5.41) is 4.91. The van der Waals surface area contributed by atoms with Crippen LogP contribution in [0, 0.1) is 12.8 Å². The number of nitrogens with zero attached hydrogens (tertiary/aromatic N) is 1. The topological polar surface area (TPSA) is 74.3 Å². The Balaban J connectivity index is 1.44. The van der Waals surface area contributed by atoms with Gasteiger partial charge in [-0.05, 0) is 48.4 Å². The minimum Gasteiger partial charge on any atom is -0.321 e. The average molecular weight is 345 g/mol. The molecule has 1 fully saturated rings. The molecule has 0 radical (unpaired) electrons. The van der Waals surface area contributed by atoms with Gasteiger partial charge in [-0.1, -0.05) is 42.0 Å². The van der Waals surface area contributed by atoms with E-state index in [1.807, 2.05) is 55.5 Å². The van der Waals surface area contributed by atoms with E-state index in [-0.39, 0.29) is 23.3 Å². The molecule has 0 aliphatic heterocycles. The molecule has 1 saturated carbocycles. The van der Waals surface area contributed by atoms with Crippen LogP contribution in [0.4, 0.5) is 0 Å². The monoisotopic (exact) mass is 345 g/mol. The highest BCUT2D eigenvalue weighted by Gasteiger charge is 2.43. The first kappa shape index (κ1) is 16.3. The van der Waals surface area contributed by atoms with Crippen LogP contribution in [0.3, 0.4) is 0 Å². The van der Waals surface area contributed by atoms with Crippen molar-refractivity contribution >= 4 is 23.0 Å². The van der Waals surface area contributed by atoms with E-state index in [0.717, 1.165) is 22.9 Å². The number of H-pyrrole nitrogens is 1. The van der Waals surface area contributed by atoms with Crippen molar-refractivity contribution in [3.05, 3.63) is 81.6 Å². The lowest BCUT2D eigenvalue weighted by atomic mass is 10.1. The SMILES string of the molecule is Cc1ccc2[nH]c(=O)c(/C=N/NC(=O)[C@H]3C[C@@H]3c3ccccc3)cc2c1. The van der Waals surface area contributed by atoms with Crippen LogP contribution >= 0.6 is 0 Å². The molecule has 130 valence electrons. The number of nitrogens with one attached hydrogen (secondary N) is 2. The number of benzene rings is 2. The Labute approximate surface area is 150 Å². The smallest absolute Gasteiger partial charge is 0.257 e. The summed E-state index contributed by atoms with van der Waals surface area (Å²) in [4.78, 5) is 27.2. The predicted octanol–water partition coefficient (Wildman–Crippen LogP) is 3.09. The molecule has 1 aromatic heterocycles. The molecule has 2 atom stereocenters. The summed E-state index contributed by atoms with van der Waals surface area (Å²) in [5.74, 6) is 0.105. The molecule has 1 aliphatic carbocycles. The molecule has 26 heavy (non-hydrogen) atoms. The van der Waals surface area contributed by atoms with Crippen LogP contribution in [0.2, 0.25) is 0 Å². The molecule has 4 rings (SSSR count). The molecule has 5 heteroatoms. The molecule has 3 aromatic rings. The second-order valence-corrected chi connectivity index (χ2v) is 6.74. The zero-order valence-corrected chi connectivity index (χ0v) is 14.4. The van der Waals surface area contributed by atoms with E-state index in [1.54, 1.807) is 6.07 Å². The number of hydrogen-bond acceptors (Lipinski definition) is 3. The van der Waals surface area contributed by atoms with Crippen molar-refractivity contribution in [1.29, 1.82) is 0 Å². The maximum absolute atomic E-state index is 12.2. The number of aromatic amines is 1. The van der Waals surface area contributed by atoms with Gasteiger partial charge in [-0.2, -0.15) is 5.10 Å². The predicted molar refractivity (Wildman–Crippen MR) is 102 cm³/mol. The highest BCUT2D eigenvalue weighted by Crippen LogP contribution is 2.47. The van der Waals surface area contributed by atoms with E-state index in [2.05, 4.69) is 15.5 Å². The summed E-state index contributed by atoms with van der Waals surface area (Å²) in [5.41, 5.74) is 5.82. The van der Waals surface area contributed by atoms with Crippen molar-refractivity contribution in [1.82, 2.24) is 10.4 Å². The van der Waals surface area contributed by atoms with E-state index in [0.29, 0.717) is 5.56 Å². The minimum absolute atomic E-state index is 0.0490. The van der Waals surface area contributed by atoms with Crippen molar-refractivity contribution in [3.63, 3.8) is 0 Å². The van der Waals surface area contributed by atoms with Crippen LogP contribution < -0.4 is 11.0 Å². The van der Waals surface area contributed by atoms with Crippen molar-refractivity contribution < 1.29 is 4.79 Å². The number of aromatic nitrogens is 1. The first-order chi connectivity index (χ1) is 12.6. The highest BCUT2D eigenvalue weighted by atomic mass is 16.2. The van der Waals surface area contributed by atoms with Gasteiger partial charge in [-0.25, -0.2) is 5.43 Å². The van der Waals surface area contributed by atoms with Gasteiger partial charge in [0.2, 0.25) is 5.91 Å². The third-order valence-corrected chi connectivity index (χ3v) is 4.76. The number of carbonyl (C=O) groups excluding carboxylic acids is 1. The number of aryl methyl sites for hydroxylation is 1. The van der Waals surface area contributed by atoms with Crippen LogP contribution in [-0.4, -0.2) is 17.1 Å². The third kappa shape index (κ3) is 3.28. The summed E-state index contributed by atoms with van der Waals surface area (Å²) in [6, 6.07) is 17.6. The summed E-state index contributed by atoms with van der Waals surface area (Å²) in [7, 11) is 0. The highest BCUT2D eigenvalue weighted by molar-refractivity contribution is 5.89. The normalized spacial score (nSPS) is 19.0. The lowest BCUT2D eigenvalue weighted by Gasteiger charge is -2.02. The average Bonchev–Trinajstić information content (AvgIpc) is 3.44. The zero-order chi connectivity index (χ0) is 18.1. The lowest BCUT2D eigenvalue weighted by molar-refractivity contribution is -0.122. The summed E-state index contributed by atoms with van der Waals surface area (Å²) in [6.45, 7) is 2.00. The van der Waals surface area contributed by atoms with Gasteiger partial charge in [0.25, 0.3) is 5.56 Å². The van der Waals surface area contributed by atoms with Gasteiger partial charge in [-0.3, -0.25) is 9.59 Å². The van der Waals surface area contributed by atoms with Gasteiger partial charge in [0.05, 0.1) is 11.8 Å². The molecule has 1 heterocycles. The number of amides is 1. The fourth-order valence-corrected chi connectivity index (χ4v) is 3.24. The Bertz CT molecular complexity index is 1050. The van der Waals surface area contributed by atoms with Crippen LogP contribution in [-0.2, 0) is 4.79 Å². The van der Waals surface area contributed by atoms with Gasteiger partial charge in [0.15, 0.2) is 0 Å². The van der Waals surface area contributed by atoms with Crippen molar-refractivity contribution in [2.75, 3.05) is 0 Å². The number of hydrazone groups is 1. The summed E-state index contributed by atoms with van der Waals surface area (Å²) >= 11 is 0. The molecular formula is C21H19N3O2. The van der Waals surface area contributed by atoms with Gasteiger partial charge in [0.1, 0.15) is 0 Å². The minimum atomic E-state index is -0.229. The first-order valence-electron chi connectivity index (χ1n) is 8.63. The molecule has 1 amide bonds. The Morgan fingerprint density at radius 3 is 2.81 bits per heavy atom. The van der Waals surface area contributed by atoms with E-state index in [1.165, 1.54) is 11.8 Å². The molecule has 0 unspecified atom stereocenters. The fraction of sp³-hybridized carbons (Fsp3) is 0.190. The van der Waals surface area contributed by atoms with Crippen molar-refractivity contribution in [3.8, 4) is 0 Å². The standard InChI is InChI=1S/C21H19N3O2/c1-13-7-8-19-15(9-13)10-16(20(25)23-19)12-22-24-21(26)18-11-17(18)14-5-3-2-4-6-14/h2-10,12,17-18H,11H2,1H3,(H,23,25)(H,24,26)/b22-12+/t17-,18+/m1/s1. The Kier molecular flexibility index (Phi) is 4.13. The van der Waals surface area contributed by atoms with Crippen LogP contribution in [0.5, 0.6) is 0 Å². The van der Waals surface area contributed by atoms with Gasteiger partial charge >= 0.3 is 0 Å². The van der Waals surface area contributed by atoms with E-state index in [4.69, 9.17) is 0 Å². The van der Waals surface area contributed by atoms with Gasteiger partial charge in [-0.15, -0.1) is 0 Å². The second-order valence-electron chi connectivity index (χ2n) is 6.74. The van der Waals surface area contributed by atoms with E-state index in [9.17, 15) is 9.59 Å². The number of fused-ring (bicyclic) bond motifs is 1. The lowest BCUT2D eigenvalue weighted by Crippen LogP contribution is -2.21. The van der Waals surface area contributed by atoms with Gasteiger partial charge in [0, 0.05) is 11.4 Å².